The van der Waals surface area contributed by atoms with Crippen LogP contribution < -0.4 is 0 Å². The summed E-state index contributed by atoms with van der Waals surface area (Å²) in [6, 6.07) is 0. The fourth-order valence-electron chi connectivity index (χ4n) is 5.36. The Balaban J connectivity index is 1.87. The van der Waals surface area contributed by atoms with Gasteiger partial charge in [0.1, 0.15) is 0 Å². The van der Waals surface area contributed by atoms with Gasteiger partial charge in [0.25, 0.3) is 0 Å². The maximum atomic E-state index is 12.2. The summed E-state index contributed by atoms with van der Waals surface area (Å²) in [7, 11) is 0. The molecule has 0 aromatic heterocycles. The van der Waals surface area contributed by atoms with Crippen LogP contribution in [0.5, 0.6) is 0 Å². The molecule has 0 aromatic rings. The second-order valence-corrected chi connectivity index (χ2v) is 6.63. The number of amides is 1. The predicted octanol–water partition coefficient (Wildman–Crippen LogP) is 3.21. The molecule has 0 heterocycles. The fourth-order valence-corrected chi connectivity index (χ4v) is 5.36. The summed E-state index contributed by atoms with van der Waals surface area (Å²) in [4.78, 5) is 14.4. The van der Waals surface area contributed by atoms with Crippen LogP contribution in [-0.4, -0.2) is 22.9 Å². The Labute approximate surface area is 105 Å². The maximum absolute atomic E-state index is 12.2. The molecule has 0 saturated heterocycles. The minimum absolute atomic E-state index is 0.274. The van der Waals surface area contributed by atoms with E-state index in [0.29, 0.717) is 12.3 Å². The van der Waals surface area contributed by atoms with Crippen molar-refractivity contribution in [1.29, 1.82) is 0 Å². The van der Waals surface area contributed by atoms with E-state index in [9.17, 15) is 4.79 Å². The summed E-state index contributed by atoms with van der Waals surface area (Å²) >= 11 is 0. The monoisotopic (exact) mass is 235 g/mol. The van der Waals surface area contributed by atoms with Crippen LogP contribution in [-0.2, 0) is 4.79 Å². The first-order valence-corrected chi connectivity index (χ1v) is 7.47. The number of nitrogens with zero attached hydrogens (tertiary/aromatic N) is 1. The molecule has 2 heteroatoms. The first kappa shape index (κ1) is 11.6. The van der Waals surface area contributed by atoms with Crippen LogP contribution in [0, 0.1) is 17.8 Å². The van der Waals surface area contributed by atoms with Crippen LogP contribution in [0.4, 0.5) is 0 Å². The van der Waals surface area contributed by atoms with Crippen molar-refractivity contribution < 1.29 is 4.79 Å². The second kappa shape index (κ2) is 4.00. The highest BCUT2D eigenvalue weighted by molar-refractivity contribution is 5.76. The third-order valence-corrected chi connectivity index (χ3v) is 5.50. The van der Waals surface area contributed by atoms with E-state index in [1.807, 2.05) is 6.92 Å². The topological polar surface area (TPSA) is 20.3 Å². The normalized spacial score (nSPS) is 42.8. The first-order valence-electron chi connectivity index (χ1n) is 7.47. The Hall–Kier alpha value is -0.530. The highest BCUT2D eigenvalue weighted by Gasteiger charge is 2.53. The lowest BCUT2D eigenvalue weighted by Crippen LogP contribution is -2.61. The molecule has 0 spiro atoms. The van der Waals surface area contributed by atoms with E-state index >= 15 is 0 Å². The van der Waals surface area contributed by atoms with Crippen molar-refractivity contribution in [3.63, 3.8) is 0 Å². The Kier molecular flexibility index (Phi) is 2.72. The summed E-state index contributed by atoms with van der Waals surface area (Å²) in [5.74, 6) is 3.18. The smallest absolute Gasteiger partial charge is 0.222 e. The van der Waals surface area contributed by atoms with Crippen molar-refractivity contribution in [2.75, 3.05) is 6.54 Å². The molecule has 4 bridgehead atoms. The van der Waals surface area contributed by atoms with Crippen LogP contribution in [0.15, 0.2) is 0 Å². The van der Waals surface area contributed by atoms with Gasteiger partial charge in [-0.05, 0) is 63.2 Å². The lowest BCUT2D eigenvalue weighted by Gasteiger charge is -2.60. The number of rotatable bonds is 3. The Morgan fingerprint density at radius 1 is 1.06 bits per heavy atom. The molecule has 4 saturated carbocycles. The van der Waals surface area contributed by atoms with Crippen molar-refractivity contribution in [2.45, 2.75) is 64.3 Å². The Bertz CT molecular complexity index is 288. The van der Waals surface area contributed by atoms with Crippen molar-refractivity contribution >= 4 is 5.91 Å². The molecule has 0 N–H and O–H groups in total. The number of carbonyl (C=O) groups is 1. The SMILES string of the molecule is CCC(=O)N(CC)C12CC3CC(CC(C3)C1)C2. The van der Waals surface area contributed by atoms with E-state index in [1.165, 1.54) is 38.5 Å². The molecule has 0 atom stereocenters. The van der Waals surface area contributed by atoms with Gasteiger partial charge >= 0.3 is 0 Å². The van der Waals surface area contributed by atoms with Gasteiger partial charge in [-0.3, -0.25) is 4.79 Å². The zero-order valence-corrected chi connectivity index (χ0v) is 11.2. The summed E-state index contributed by atoms with van der Waals surface area (Å²) in [5, 5.41) is 0. The minimum Gasteiger partial charge on any atom is -0.337 e. The highest BCUT2D eigenvalue weighted by Crippen LogP contribution is 2.57. The van der Waals surface area contributed by atoms with E-state index in [-0.39, 0.29) is 5.54 Å². The average molecular weight is 235 g/mol. The van der Waals surface area contributed by atoms with Gasteiger partial charge in [-0.15, -0.1) is 0 Å². The van der Waals surface area contributed by atoms with Crippen LogP contribution in [0.3, 0.4) is 0 Å². The molecule has 0 unspecified atom stereocenters. The molecule has 4 aliphatic carbocycles. The molecular weight excluding hydrogens is 210 g/mol. The average Bonchev–Trinajstić information content (AvgIpc) is 2.27. The Morgan fingerprint density at radius 3 is 1.88 bits per heavy atom. The molecule has 4 rings (SSSR count). The first-order chi connectivity index (χ1) is 8.16. The van der Waals surface area contributed by atoms with Crippen molar-refractivity contribution in [2.24, 2.45) is 17.8 Å². The molecule has 0 aliphatic heterocycles. The molecule has 2 nitrogen and oxygen atoms in total. The van der Waals surface area contributed by atoms with Crippen molar-refractivity contribution in [3.8, 4) is 0 Å². The van der Waals surface area contributed by atoms with Crippen molar-refractivity contribution in [1.82, 2.24) is 4.90 Å². The standard InChI is InChI=1S/C15H25NO/c1-3-14(17)16(4-2)15-8-11-5-12(9-15)7-13(6-11)10-15/h11-13H,3-10H2,1-2H3. The zero-order chi connectivity index (χ0) is 12.0. The highest BCUT2D eigenvalue weighted by atomic mass is 16.2. The van der Waals surface area contributed by atoms with E-state index in [0.717, 1.165) is 24.3 Å². The van der Waals surface area contributed by atoms with E-state index in [4.69, 9.17) is 0 Å². The summed E-state index contributed by atoms with van der Waals surface area (Å²) in [5.41, 5.74) is 0.274. The summed E-state index contributed by atoms with van der Waals surface area (Å²) in [6.07, 6.45) is 8.96. The molecular formula is C15H25NO. The van der Waals surface area contributed by atoms with E-state index in [2.05, 4.69) is 11.8 Å². The quantitative estimate of drug-likeness (QED) is 0.735. The number of carbonyl (C=O) groups excluding carboxylic acids is 1. The van der Waals surface area contributed by atoms with Gasteiger partial charge in [-0.1, -0.05) is 6.92 Å². The predicted molar refractivity (Wildman–Crippen MR) is 68.6 cm³/mol. The number of hydrogen-bond donors (Lipinski definition) is 0. The molecule has 17 heavy (non-hydrogen) atoms. The van der Waals surface area contributed by atoms with Crippen LogP contribution in [0.1, 0.15) is 58.8 Å². The molecule has 96 valence electrons. The fraction of sp³-hybridized carbons (Fsp3) is 0.933. The van der Waals surface area contributed by atoms with Crippen LogP contribution in [0.2, 0.25) is 0 Å². The molecule has 4 fully saturated rings. The summed E-state index contributed by atoms with van der Waals surface area (Å²) in [6.45, 7) is 5.08. The van der Waals surface area contributed by atoms with Gasteiger partial charge in [0.05, 0.1) is 0 Å². The van der Waals surface area contributed by atoms with Crippen LogP contribution >= 0.6 is 0 Å². The lowest BCUT2D eigenvalue weighted by atomic mass is 9.52. The van der Waals surface area contributed by atoms with Gasteiger partial charge in [0.15, 0.2) is 0 Å². The van der Waals surface area contributed by atoms with Gasteiger partial charge < -0.3 is 4.90 Å². The van der Waals surface area contributed by atoms with Crippen LogP contribution in [0.25, 0.3) is 0 Å². The minimum atomic E-state index is 0.274. The summed E-state index contributed by atoms with van der Waals surface area (Å²) < 4.78 is 0. The third-order valence-electron chi connectivity index (χ3n) is 5.50. The second-order valence-electron chi connectivity index (χ2n) is 6.63. The Morgan fingerprint density at radius 2 is 1.53 bits per heavy atom. The number of hydrogen-bond acceptors (Lipinski definition) is 1. The van der Waals surface area contributed by atoms with E-state index in [1.54, 1.807) is 0 Å². The van der Waals surface area contributed by atoms with Gasteiger partial charge in [-0.25, -0.2) is 0 Å². The largest absolute Gasteiger partial charge is 0.337 e. The molecule has 0 aromatic carbocycles. The zero-order valence-electron chi connectivity index (χ0n) is 11.2. The maximum Gasteiger partial charge on any atom is 0.222 e. The third kappa shape index (κ3) is 1.71. The lowest BCUT2D eigenvalue weighted by molar-refractivity contribution is -0.149. The molecule has 4 aliphatic rings. The molecule has 1 amide bonds. The van der Waals surface area contributed by atoms with Gasteiger partial charge in [-0.2, -0.15) is 0 Å². The van der Waals surface area contributed by atoms with Crippen molar-refractivity contribution in [3.05, 3.63) is 0 Å². The van der Waals surface area contributed by atoms with Gasteiger partial charge in [0.2, 0.25) is 5.91 Å². The molecule has 0 radical (unpaired) electrons. The van der Waals surface area contributed by atoms with E-state index < -0.39 is 0 Å². The van der Waals surface area contributed by atoms with Gasteiger partial charge in [0, 0.05) is 18.5 Å².